The Kier molecular flexibility index (Phi) is 5.93. The lowest BCUT2D eigenvalue weighted by Crippen LogP contribution is -2.35. The molecule has 3 heteroatoms. The van der Waals surface area contributed by atoms with Gasteiger partial charge < -0.3 is 5.11 Å². The molecule has 0 rings (SSSR count). The molecule has 0 aliphatic carbocycles. The van der Waals surface area contributed by atoms with Crippen LogP contribution in [0, 0.1) is 0 Å². The molecule has 0 aromatic rings. The summed E-state index contributed by atoms with van der Waals surface area (Å²) in [6, 6.07) is 0. The smallest absolute Gasteiger partial charge is 0.146 e. The molecule has 72 valence electrons. The van der Waals surface area contributed by atoms with Gasteiger partial charge in [-0.05, 0) is 13.5 Å². The van der Waals surface area contributed by atoms with Crippen molar-refractivity contribution in [3.05, 3.63) is 0 Å². The first-order valence-electron chi connectivity index (χ1n) is 4.52. The molecule has 0 spiro atoms. The number of aliphatic hydroxyl groups excluding tert-OH is 1. The summed E-state index contributed by atoms with van der Waals surface area (Å²) in [4.78, 5) is 13.0. The van der Waals surface area contributed by atoms with Crippen LogP contribution in [0.1, 0.15) is 27.2 Å². The fourth-order valence-corrected chi connectivity index (χ4v) is 1.04. The number of aliphatic hydroxyl groups is 1. The van der Waals surface area contributed by atoms with Gasteiger partial charge in [-0.3, -0.25) is 9.69 Å². The molecule has 0 aliphatic rings. The van der Waals surface area contributed by atoms with Crippen molar-refractivity contribution in [1.29, 1.82) is 0 Å². The number of hydrogen-bond acceptors (Lipinski definition) is 3. The minimum absolute atomic E-state index is 0.234. The fraction of sp³-hybridized carbons (Fsp3) is 0.889. The zero-order valence-electron chi connectivity index (χ0n) is 8.21. The molecule has 0 saturated carbocycles. The number of likely N-dealkylation sites (N-methyl/N-ethyl adjacent to an activating group) is 1. The van der Waals surface area contributed by atoms with Crippen molar-refractivity contribution < 1.29 is 9.90 Å². The second-order valence-corrected chi connectivity index (χ2v) is 3.07. The van der Waals surface area contributed by atoms with Gasteiger partial charge in [-0.2, -0.15) is 0 Å². The Bertz CT molecular complexity index is 134. The monoisotopic (exact) mass is 173 g/mol. The summed E-state index contributed by atoms with van der Waals surface area (Å²) in [5.41, 5.74) is 0. The van der Waals surface area contributed by atoms with Crippen LogP contribution in [-0.4, -0.2) is 41.5 Å². The normalized spacial score (nSPS) is 13.4. The van der Waals surface area contributed by atoms with Crippen molar-refractivity contribution in [2.75, 3.05) is 19.6 Å². The Hall–Kier alpha value is -0.410. The average molecular weight is 173 g/mol. The third-order valence-corrected chi connectivity index (χ3v) is 1.76. The topological polar surface area (TPSA) is 40.5 Å². The highest BCUT2D eigenvalue weighted by atomic mass is 16.3. The van der Waals surface area contributed by atoms with E-state index in [1.165, 1.54) is 0 Å². The standard InChI is InChI=1S/C9H19NO2/c1-4-9(12)7-10(5-2)6-8(3)11/h8,11H,4-7H2,1-3H3. The van der Waals surface area contributed by atoms with Gasteiger partial charge in [0, 0.05) is 13.0 Å². The number of ketones is 1. The van der Waals surface area contributed by atoms with Gasteiger partial charge in [-0.25, -0.2) is 0 Å². The molecule has 0 bridgehead atoms. The molecule has 0 saturated heterocycles. The largest absolute Gasteiger partial charge is 0.392 e. The molecule has 0 amide bonds. The van der Waals surface area contributed by atoms with Crippen molar-refractivity contribution in [3.63, 3.8) is 0 Å². The number of carbonyl (C=O) groups excluding carboxylic acids is 1. The summed E-state index contributed by atoms with van der Waals surface area (Å²) >= 11 is 0. The highest BCUT2D eigenvalue weighted by Crippen LogP contribution is 1.93. The van der Waals surface area contributed by atoms with Crippen molar-refractivity contribution >= 4 is 5.78 Å². The highest BCUT2D eigenvalue weighted by molar-refractivity contribution is 5.80. The van der Waals surface area contributed by atoms with Gasteiger partial charge in [-0.15, -0.1) is 0 Å². The Labute approximate surface area is 74.4 Å². The first-order chi connectivity index (χ1) is 5.60. The summed E-state index contributed by atoms with van der Waals surface area (Å²) in [6.45, 7) is 7.46. The number of rotatable bonds is 6. The van der Waals surface area contributed by atoms with E-state index in [0.717, 1.165) is 6.54 Å². The molecular weight excluding hydrogens is 154 g/mol. The van der Waals surface area contributed by atoms with Gasteiger partial charge in [0.25, 0.3) is 0 Å². The summed E-state index contributed by atoms with van der Waals surface area (Å²) < 4.78 is 0. The average Bonchev–Trinajstić information content (AvgIpc) is 2.02. The van der Waals surface area contributed by atoms with E-state index in [4.69, 9.17) is 5.11 Å². The molecule has 1 unspecified atom stereocenters. The van der Waals surface area contributed by atoms with E-state index >= 15 is 0 Å². The lowest BCUT2D eigenvalue weighted by atomic mass is 10.2. The van der Waals surface area contributed by atoms with Gasteiger partial charge in [0.2, 0.25) is 0 Å². The molecule has 0 aromatic heterocycles. The number of hydrogen-bond donors (Lipinski definition) is 1. The van der Waals surface area contributed by atoms with E-state index in [-0.39, 0.29) is 11.9 Å². The van der Waals surface area contributed by atoms with Crippen LogP contribution in [0.25, 0.3) is 0 Å². The molecule has 0 aromatic carbocycles. The first kappa shape index (κ1) is 11.6. The zero-order valence-corrected chi connectivity index (χ0v) is 8.21. The maximum absolute atomic E-state index is 11.0. The summed E-state index contributed by atoms with van der Waals surface area (Å²) in [5.74, 6) is 0.234. The van der Waals surface area contributed by atoms with Crippen molar-refractivity contribution in [2.24, 2.45) is 0 Å². The maximum atomic E-state index is 11.0. The molecule has 0 fully saturated rings. The van der Waals surface area contributed by atoms with Crippen LogP contribution in [0.2, 0.25) is 0 Å². The van der Waals surface area contributed by atoms with Crippen LogP contribution in [0.3, 0.4) is 0 Å². The van der Waals surface area contributed by atoms with E-state index in [1.54, 1.807) is 6.92 Å². The summed E-state index contributed by atoms with van der Waals surface area (Å²) in [5, 5.41) is 9.09. The molecule has 1 atom stereocenters. The van der Waals surface area contributed by atoms with Gasteiger partial charge in [0.05, 0.1) is 12.6 Å². The minimum atomic E-state index is -0.352. The van der Waals surface area contributed by atoms with Gasteiger partial charge in [-0.1, -0.05) is 13.8 Å². The Balaban J connectivity index is 3.74. The molecule has 12 heavy (non-hydrogen) atoms. The molecule has 0 heterocycles. The van der Waals surface area contributed by atoms with Crippen LogP contribution in [0.4, 0.5) is 0 Å². The van der Waals surface area contributed by atoms with Crippen molar-refractivity contribution in [2.45, 2.75) is 33.3 Å². The van der Waals surface area contributed by atoms with Crippen LogP contribution in [-0.2, 0) is 4.79 Å². The van der Waals surface area contributed by atoms with Crippen LogP contribution < -0.4 is 0 Å². The van der Waals surface area contributed by atoms with E-state index in [1.807, 2.05) is 18.7 Å². The predicted molar refractivity (Wildman–Crippen MR) is 49.1 cm³/mol. The number of nitrogens with zero attached hydrogens (tertiary/aromatic N) is 1. The molecule has 0 radical (unpaired) electrons. The summed E-state index contributed by atoms with van der Waals surface area (Å²) in [7, 11) is 0. The molecule has 1 N–H and O–H groups in total. The predicted octanol–water partition coefficient (Wildman–Crippen LogP) is 0.668. The third kappa shape index (κ3) is 5.27. The highest BCUT2D eigenvalue weighted by Gasteiger charge is 2.08. The van der Waals surface area contributed by atoms with Crippen LogP contribution in [0.15, 0.2) is 0 Å². The Morgan fingerprint density at radius 1 is 1.50 bits per heavy atom. The Morgan fingerprint density at radius 2 is 2.08 bits per heavy atom. The van der Waals surface area contributed by atoms with Crippen LogP contribution in [0.5, 0.6) is 0 Å². The van der Waals surface area contributed by atoms with Gasteiger partial charge >= 0.3 is 0 Å². The van der Waals surface area contributed by atoms with Crippen molar-refractivity contribution in [1.82, 2.24) is 4.90 Å². The molecular formula is C9H19NO2. The number of carbonyl (C=O) groups is 1. The van der Waals surface area contributed by atoms with Crippen LogP contribution >= 0.6 is 0 Å². The lowest BCUT2D eigenvalue weighted by Gasteiger charge is -2.20. The fourth-order valence-electron chi connectivity index (χ4n) is 1.04. The lowest BCUT2D eigenvalue weighted by molar-refractivity contribution is -0.120. The SMILES string of the molecule is CCC(=O)CN(CC)CC(C)O. The molecule has 3 nitrogen and oxygen atoms in total. The van der Waals surface area contributed by atoms with Crippen molar-refractivity contribution in [3.8, 4) is 0 Å². The zero-order chi connectivity index (χ0) is 9.56. The quantitative estimate of drug-likeness (QED) is 0.641. The summed E-state index contributed by atoms with van der Waals surface area (Å²) in [6.07, 6.45) is 0.227. The second kappa shape index (κ2) is 6.14. The van der Waals surface area contributed by atoms with E-state index in [2.05, 4.69) is 0 Å². The second-order valence-electron chi connectivity index (χ2n) is 3.07. The van der Waals surface area contributed by atoms with E-state index < -0.39 is 0 Å². The Morgan fingerprint density at radius 3 is 2.42 bits per heavy atom. The van der Waals surface area contributed by atoms with E-state index in [9.17, 15) is 4.79 Å². The number of Topliss-reactive ketones (excluding diaryl/α,β-unsaturated/α-hetero) is 1. The van der Waals surface area contributed by atoms with Gasteiger partial charge in [0.15, 0.2) is 0 Å². The van der Waals surface area contributed by atoms with Gasteiger partial charge in [0.1, 0.15) is 5.78 Å². The van der Waals surface area contributed by atoms with E-state index in [0.29, 0.717) is 19.5 Å². The first-order valence-corrected chi connectivity index (χ1v) is 4.52. The molecule has 0 aliphatic heterocycles. The maximum Gasteiger partial charge on any atom is 0.146 e. The minimum Gasteiger partial charge on any atom is -0.392 e. The third-order valence-electron chi connectivity index (χ3n) is 1.76.